The van der Waals surface area contributed by atoms with Gasteiger partial charge in [-0.05, 0) is 19.1 Å². The SMILES string of the molecule is CNc1ncc(F)c(NCc2ccc(C)s2)n1. The van der Waals surface area contributed by atoms with Crippen molar-refractivity contribution < 1.29 is 4.39 Å². The van der Waals surface area contributed by atoms with E-state index in [1.54, 1.807) is 18.4 Å². The van der Waals surface area contributed by atoms with E-state index >= 15 is 0 Å². The topological polar surface area (TPSA) is 49.8 Å². The molecule has 0 aliphatic rings. The van der Waals surface area contributed by atoms with Gasteiger partial charge >= 0.3 is 0 Å². The molecule has 4 nitrogen and oxygen atoms in total. The minimum atomic E-state index is -0.447. The fraction of sp³-hybridized carbons (Fsp3) is 0.273. The van der Waals surface area contributed by atoms with Crippen LogP contribution >= 0.6 is 11.3 Å². The van der Waals surface area contributed by atoms with Crippen LogP contribution in [0.2, 0.25) is 0 Å². The molecule has 0 aromatic carbocycles. The fourth-order valence-corrected chi connectivity index (χ4v) is 2.19. The molecule has 0 fully saturated rings. The molecule has 0 spiro atoms. The molecule has 0 unspecified atom stereocenters. The molecule has 0 aliphatic carbocycles. The summed E-state index contributed by atoms with van der Waals surface area (Å²) in [6.45, 7) is 2.61. The molecule has 2 heterocycles. The van der Waals surface area contributed by atoms with E-state index in [-0.39, 0.29) is 5.82 Å². The Balaban J connectivity index is 2.07. The normalized spacial score (nSPS) is 10.3. The molecular formula is C11H13FN4S. The first-order valence-electron chi connectivity index (χ1n) is 5.18. The predicted molar refractivity (Wildman–Crippen MR) is 67.9 cm³/mol. The van der Waals surface area contributed by atoms with Gasteiger partial charge in [-0.1, -0.05) is 0 Å². The van der Waals surface area contributed by atoms with Gasteiger partial charge in [0.25, 0.3) is 0 Å². The molecular weight excluding hydrogens is 239 g/mol. The van der Waals surface area contributed by atoms with Crippen molar-refractivity contribution in [3.05, 3.63) is 33.9 Å². The lowest BCUT2D eigenvalue weighted by atomic mass is 10.4. The van der Waals surface area contributed by atoms with Crippen LogP contribution in [0.1, 0.15) is 9.75 Å². The molecule has 0 aliphatic heterocycles. The van der Waals surface area contributed by atoms with Crippen LogP contribution in [0, 0.1) is 12.7 Å². The number of rotatable bonds is 4. The lowest BCUT2D eigenvalue weighted by molar-refractivity contribution is 0.617. The maximum Gasteiger partial charge on any atom is 0.224 e. The molecule has 2 rings (SSSR count). The van der Waals surface area contributed by atoms with E-state index in [2.05, 4.69) is 20.6 Å². The summed E-state index contributed by atoms with van der Waals surface area (Å²) >= 11 is 1.68. The van der Waals surface area contributed by atoms with Gasteiger partial charge in [0.15, 0.2) is 11.6 Å². The first-order valence-corrected chi connectivity index (χ1v) is 6.00. The molecule has 0 saturated heterocycles. The average molecular weight is 252 g/mol. The second-order valence-corrected chi connectivity index (χ2v) is 4.88. The Bertz CT molecular complexity index is 512. The third kappa shape index (κ3) is 2.91. The van der Waals surface area contributed by atoms with Crippen molar-refractivity contribution in [2.24, 2.45) is 0 Å². The maximum absolute atomic E-state index is 13.4. The first-order chi connectivity index (χ1) is 8.19. The summed E-state index contributed by atoms with van der Waals surface area (Å²) in [4.78, 5) is 10.2. The van der Waals surface area contributed by atoms with Gasteiger partial charge in [-0.2, -0.15) is 4.98 Å². The molecule has 2 aromatic heterocycles. The van der Waals surface area contributed by atoms with E-state index in [0.717, 1.165) is 11.1 Å². The molecule has 0 bridgehead atoms. The Labute approximate surface area is 103 Å². The number of hydrogen-bond acceptors (Lipinski definition) is 5. The molecule has 17 heavy (non-hydrogen) atoms. The first kappa shape index (κ1) is 11.8. The molecule has 0 amide bonds. The fourth-order valence-electron chi connectivity index (χ4n) is 1.36. The zero-order chi connectivity index (χ0) is 12.3. The van der Waals surface area contributed by atoms with Crippen LogP contribution in [0.4, 0.5) is 16.2 Å². The van der Waals surface area contributed by atoms with Crippen molar-refractivity contribution in [2.45, 2.75) is 13.5 Å². The lowest BCUT2D eigenvalue weighted by Crippen LogP contribution is -2.06. The molecule has 2 aromatic rings. The number of nitrogens with zero attached hydrogens (tertiary/aromatic N) is 2. The van der Waals surface area contributed by atoms with Gasteiger partial charge in [0.1, 0.15) is 0 Å². The highest BCUT2D eigenvalue weighted by atomic mass is 32.1. The van der Waals surface area contributed by atoms with Crippen molar-refractivity contribution in [2.75, 3.05) is 17.7 Å². The molecule has 0 atom stereocenters. The van der Waals surface area contributed by atoms with E-state index in [9.17, 15) is 4.39 Å². The maximum atomic E-state index is 13.4. The lowest BCUT2D eigenvalue weighted by Gasteiger charge is -2.06. The summed E-state index contributed by atoms with van der Waals surface area (Å²) in [5.74, 6) is 0.170. The standard InChI is InChI=1S/C11H13FN4S/c1-7-3-4-8(17-7)5-14-10-9(12)6-15-11(13-2)16-10/h3-4,6H,5H2,1-2H3,(H2,13,14,15,16). The van der Waals surface area contributed by atoms with Crippen LogP contribution in [0.15, 0.2) is 18.3 Å². The van der Waals surface area contributed by atoms with E-state index < -0.39 is 5.82 Å². The van der Waals surface area contributed by atoms with Crippen molar-refractivity contribution in [3.8, 4) is 0 Å². The number of thiophene rings is 1. The van der Waals surface area contributed by atoms with E-state index in [1.165, 1.54) is 4.88 Å². The molecule has 0 radical (unpaired) electrons. The highest BCUT2D eigenvalue weighted by molar-refractivity contribution is 7.11. The van der Waals surface area contributed by atoms with Gasteiger partial charge in [0, 0.05) is 16.8 Å². The average Bonchev–Trinajstić information content (AvgIpc) is 2.74. The van der Waals surface area contributed by atoms with Crippen molar-refractivity contribution in [1.82, 2.24) is 9.97 Å². The van der Waals surface area contributed by atoms with Gasteiger partial charge in [0.2, 0.25) is 5.95 Å². The minimum absolute atomic E-state index is 0.218. The summed E-state index contributed by atoms with van der Waals surface area (Å²) in [5.41, 5.74) is 0. The number of halogens is 1. The van der Waals surface area contributed by atoms with Gasteiger partial charge in [0.05, 0.1) is 12.7 Å². The number of anilines is 2. The van der Waals surface area contributed by atoms with Crippen LogP contribution < -0.4 is 10.6 Å². The Morgan fingerprint density at radius 2 is 2.24 bits per heavy atom. The third-order valence-corrected chi connectivity index (χ3v) is 3.19. The van der Waals surface area contributed by atoms with Crippen molar-refractivity contribution >= 4 is 23.1 Å². The second-order valence-electron chi connectivity index (χ2n) is 3.51. The predicted octanol–water partition coefficient (Wildman–Crippen LogP) is 2.64. The van der Waals surface area contributed by atoms with Gasteiger partial charge in [-0.25, -0.2) is 9.37 Å². The second kappa shape index (κ2) is 5.09. The number of nitrogens with one attached hydrogen (secondary N) is 2. The van der Waals surface area contributed by atoms with Crippen LogP contribution in [-0.4, -0.2) is 17.0 Å². The van der Waals surface area contributed by atoms with Crippen LogP contribution in [0.5, 0.6) is 0 Å². The summed E-state index contributed by atoms with van der Waals surface area (Å²) in [6.07, 6.45) is 1.15. The smallest absolute Gasteiger partial charge is 0.224 e. The Hall–Kier alpha value is -1.69. The summed E-state index contributed by atoms with van der Waals surface area (Å²) in [6, 6.07) is 4.06. The number of aryl methyl sites for hydroxylation is 1. The van der Waals surface area contributed by atoms with Crippen LogP contribution in [0.25, 0.3) is 0 Å². The van der Waals surface area contributed by atoms with Gasteiger partial charge in [-0.15, -0.1) is 11.3 Å². The highest BCUT2D eigenvalue weighted by Crippen LogP contribution is 2.18. The van der Waals surface area contributed by atoms with Crippen LogP contribution in [-0.2, 0) is 6.54 Å². The molecule has 2 N–H and O–H groups in total. The zero-order valence-corrected chi connectivity index (χ0v) is 10.4. The minimum Gasteiger partial charge on any atom is -0.363 e. The van der Waals surface area contributed by atoms with Gasteiger partial charge < -0.3 is 10.6 Å². The molecule has 90 valence electrons. The summed E-state index contributed by atoms with van der Waals surface area (Å²) in [5, 5.41) is 5.73. The van der Waals surface area contributed by atoms with E-state index in [4.69, 9.17) is 0 Å². The summed E-state index contributed by atoms with van der Waals surface area (Å²) in [7, 11) is 1.69. The van der Waals surface area contributed by atoms with Crippen molar-refractivity contribution in [3.63, 3.8) is 0 Å². The highest BCUT2D eigenvalue weighted by Gasteiger charge is 2.06. The third-order valence-electron chi connectivity index (χ3n) is 2.19. The van der Waals surface area contributed by atoms with Crippen LogP contribution in [0.3, 0.4) is 0 Å². The van der Waals surface area contributed by atoms with Crippen molar-refractivity contribution in [1.29, 1.82) is 0 Å². The van der Waals surface area contributed by atoms with E-state index in [0.29, 0.717) is 12.5 Å². The van der Waals surface area contributed by atoms with Gasteiger partial charge in [-0.3, -0.25) is 0 Å². The molecule has 6 heteroatoms. The zero-order valence-electron chi connectivity index (χ0n) is 9.62. The Morgan fingerprint density at radius 3 is 2.88 bits per heavy atom. The number of hydrogen-bond donors (Lipinski definition) is 2. The number of aromatic nitrogens is 2. The Morgan fingerprint density at radius 1 is 1.41 bits per heavy atom. The summed E-state index contributed by atoms with van der Waals surface area (Å²) < 4.78 is 13.4. The van der Waals surface area contributed by atoms with E-state index in [1.807, 2.05) is 19.1 Å². The largest absolute Gasteiger partial charge is 0.363 e. The monoisotopic (exact) mass is 252 g/mol. The quantitative estimate of drug-likeness (QED) is 0.878. The Kier molecular flexibility index (Phi) is 3.53. The molecule has 0 saturated carbocycles.